The van der Waals surface area contributed by atoms with Crippen molar-refractivity contribution in [3.63, 3.8) is 0 Å². The largest absolute Gasteiger partial charge is 0.444 e. The molecule has 2 atom stereocenters. The van der Waals surface area contributed by atoms with E-state index in [9.17, 15) is 14.7 Å². The summed E-state index contributed by atoms with van der Waals surface area (Å²) < 4.78 is 6.37. The summed E-state index contributed by atoms with van der Waals surface area (Å²) in [6.45, 7) is 5.38. The SMILES string of the molecule is CC(C)(C)OC(=O)N1C[C@@H](O)C[C@@H]1C(=O)Nc1ccc(I)cc1. The number of nitrogens with one attached hydrogen (secondary N) is 1. The Balaban J connectivity index is 2.07. The highest BCUT2D eigenvalue weighted by molar-refractivity contribution is 14.1. The van der Waals surface area contributed by atoms with Crippen LogP contribution >= 0.6 is 22.6 Å². The minimum Gasteiger partial charge on any atom is -0.444 e. The molecule has 7 heteroatoms. The molecule has 1 heterocycles. The molecular weight excluding hydrogens is 411 g/mol. The van der Waals surface area contributed by atoms with Crippen LogP contribution in [0.1, 0.15) is 27.2 Å². The summed E-state index contributed by atoms with van der Waals surface area (Å²) in [5, 5.41) is 12.6. The zero-order valence-electron chi connectivity index (χ0n) is 13.4. The van der Waals surface area contributed by atoms with Crippen molar-refractivity contribution in [2.24, 2.45) is 0 Å². The molecule has 2 rings (SSSR count). The molecule has 0 spiro atoms. The quantitative estimate of drug-likeness (QED) is 0.705. The Morgan fingerprint density at radius 2 is 1.91 bits per heavy atom. The van der Waals surface area contributed by atoms with E-state index >= 15 is 0 Å². The number of β-amino-alcohol motifs (C(OH)–C–C–N with tert-alkyl or cyclic N) is 1. The maximum atomic E-state index is 12.5. The fourth-order valence-electron chi connectivity index (χ4n) is 2.34. The number of aliphatic hydroxyl groups is 1. The molecule has 0 aliphatic carbocycles. The topological polar surface area (TPSA) is 78.9 Å². The summed E-state index contributed by atoms with van der Waals surface area (Å²) in [6, 6.07) is 6.61. The Morgan fingerprint density at radius 1 is 1.30 bits per heavy atom. The van der Waals surface area contributed by atoms with Gasteiger partial charge in [0.05, 0.1) is 12.6 Å². The number of anilines is 1. The Hall–Kier alpha value is -1.35. The predicted octanol–water partition coefficient (Wildman–Crippen LogP) is 2.60. The molecule has 2 amide bonds. The van der Waals surface area contributed by atoms with Gasteiger partial charge in [-0.3, -0.25) is 9.69 Å². The summed E-state index contributed by atoms with van der Waals surface area (Å²) in [7, 11) is 0. The second-order valence-electron chi connectivity index (χ2n) is 6.53. The molecule has 2 N–H and O–H groups in total. The zero-order valence-corrected chi connectivity index (χ0v) is 15.5. The van der Waals surface area contributed by atoms with Gasteiger partial charge in [-0.05, 0) is 67.6 Å². The molecule has 1 aromatic carbocycles. The van der Waals surface area contributed by atoms with Gasteiger partial charge in [-0.15, -0.1) is 0 Å². The number of nitrogens with zero attached hydrogens (tertiary/aromatic N) is 1. The number of hydrogen-bond donors (Lipinski definition) is 2. The van der Waals surface area contributed by atoms with Gasteiger partial charge in [0.1, 0.15) is 11.6 Å². The molecule has 1 fully saturated rings. The smallest absolute Gasteiger partial charge is 0.411 e. The molecule has 126 valence electrons. The minimum atomic E-state index is -0.737. The number of amides is 2. The molecule has 0 radical (unpaired) electrons. The van der Waals surface area contributed by atoms with Crippen molar-refractivity contribution >= 4 is 40.3 Å². The van der Waals surface area contributed by atoms with Crippen LogP contribution in [0.15, 0.2) is 24.3 Å². The van der Waals surface area contributed by atoms with Crippen LogP contribution in [-0.2, 0) is 9.53 Å². The summed E-state index contributed by atoms with van der Waals surface area (Å²) in [6.07, 6.45) is -1.11. The highest BCUT2D eigenvalue weighted by atomic mass is 127. The molecule has 23 heavy (non-hydrogen) atoms. The average molecular weight is 432 g/mol. The molecule has 0 aromatic heterocycles. The van der Waals surface area contributed by atoms with E-state index in [1.807, 2.05) is 12.1 Å². The van der Waals surface area contributed by atoms with E-state index in [0.29, 0.717) is 5.69 Å². The Bertz CT molecular complexity index is 583. The number of hydrogen-bond acceptors (Lipinski definition) is 4. The molecule has 6 nitrogen and oxygen atoms in total. The second kappa shape index (κ2) is 7.04. The predicted molar refractivity (Wildman–Crippen MR) is 95.1 cm³/mol. The molecule has 1 saturated heterocycles. The second-order valence-corrected chi connectivity index (χ2v) is 7.78. The standard InChI is InChI=1S/C16H21IN2O4/c1-16(2,3)23-15(22)19-9-12(20)8-13(19)14(21)18-11-6-4-10(17)5-7-11/h4-7,12-13,20H,8-9H2,1-3H3,(H,18,21)/t12-,13+/m0/s1. The van der Waals surface area contributed by atoms with Crippen LogP contribution in [0.2, 0.25) is 0 Å². The summed E-state index contributed by atoms with van der Waals surface area (Å²) in [5.41, 5.74) is 0.00263. The first-order chi connectivity index (χ1) is 10.7. The van der Waals surface area contributed by atoms with Crippen LogP contribution in [-0.4, -0.2) is 46.3 Å². The fraction of sp³-hybridized carbons (Fsp3) is 0.500. The van der Waals surface area contributed by atoms with E-state index < -0.39 is 23.8 Å². The Morgan fingerprint density at radius 3 is 2.48 bits per heavy atom. The van der Waals surface area contributed by atoms with Crippen LogP contribution in [0.5, 0.6) is 0 Å². The van der Waals surface area contributed by atoms with Crippen molar-refractivity contribution in [3.8, 4) is 0 Å². The van der Waals surface area contributed by atoms with Crippen molar-refractivity contribution in [1.82, 2.24) is 4.90 Å². The number of carbonyl (C=O) groups excluding carboxylic acids is 2. The number of halogens is 1. The normalized spacial score (nSPS) is 21.2. The maximum absolute atomic E-state index is 12.5. The molecular formula is C16H21IN2O4. The fourth-order valence-corrected chi connectivity index (χ4v) is 2.70. The number of rotatable bonds is 2. The lowest BCUT2D eigenvalue weighted by molar-refractivity contribution is -0.120. The molecule has 1 aliphatic heterocycles. The van der Waals surface area contributed by atoms with Crippen LogP contribution in [0.3, 0.4) is 0 Å². The van der Waals surface area contributed by atoms with Gasteiger partial charge in [-0.25, -0.2) is 4.79 Å². The molecule has 0 saturated carbocycles. The summed E-state index contributed by atoms with van der Waals surface area (Å²) in [4.78, 5) is 26.0. The van der Waals surface area contributed by atoms with Gasteiger partial charge in [-0.1, -0.05) is 0 Å². The van der Waals surface area contributed by atoms with Gasteiger partial charge in [0.15, 0.2) is 0 Å². The van der Waals surface area contributed by atoms with Gasteiger partial charge in [0.2, 0.25) is 5.91 Å². The van der Waals surface area contributed by atoms with Crippen molar-refractivity contribution in [3.05, 3.63) is 27.8 Å². The third kappa shape index (κ3) is 5.07. The van der Waals surface area contributed by atoms with Crippen molar-refractivity contribution < 1.29 is 19.4 Å². The Labute approximate surface area is 149 Å². The third-order valence-corrected chi connectivity index (χ3v) is 4.04. The van der Waals surface area contributed by atoms with E-state index in [0.717, 1.165) is 3.57 Å². The summed E-state index contributed by atoms with van der Waals surface area (Å²) in [5.74, 6) is -0.325. The van der Waals surface area contributed by atoms with E-state index in [1.54, 1.807) is 32.9 Å². The average Bonchev–Trinajstić information content (AvgIpc) is 2.82. The van der Waals surface area contributed by atoms with Gasteiger partial charge in [0, 0.05) is 15.7 Å². The number of ether oxygens (including phenoxy) is 1. The highest BCUT2D eigenvalue weighted by Crippen LogP contribution is 2.23. The summed E-state index contributed by atoms with van der Waals surface area (Å²) >= 11 is 2.18. The highest BCUT2D eigenvalue weighted by Gasteiger charge is 2.40. The minimum absolute atomic E-state index is 0.0969. The molecule has 0 unspecified atom stereocenters. The van der Waals surface area contributed by atoms with Gasteiger partial charge < -0.3 is 15.2 Å². The van der Waals surface area contributed by atoms with Crippen LogP contribution in [0, 0.1) is 3.57 Å². The molecule has 1 aromatic rings. The van der Waals surface area contributed by atoms with E-state index in [-0.39, 0.29) is 18.9 Å². The van der Waals surface area contributed by atoms with Crippen LogP contribution in [0.4, 0.5) is 10.5 Å². The van der Waals surface area contributed by atoms with Crippen molar-refractivity contribution in [2.75, 3.05) is 11.9 Å². The monoisotopic (exact) mass is 432 g/mol. The van der Waals surface area contributed by atoms with E-state index in [1.165, 1.54) is 4.90 Å². The van der Waals surface area contributed by atoms with E-state index in [4.69, 9.17) is 4.74 Å². The molecule has 0 bridgehead atoms. The number of likely N-dealkylation sites (tertiary alicyclic amines) is 1. The lowest BCUT2D eigenvalue weighted by Crippen LogP contribution is -2.45. The first-order valence-electron chi connectivity index (χ1n) is 7.40. The maximum Gasteiger partial charge on any atom is 0.411 e. The van der Waals surface area contributed by atoms with E-state index in [2.05, 4.69) is 27.9 Å². The van der Waals surface area contributed by atoms with Crippen molar-refractivity contribution in [1.29, 1.82) is 0 Å². The lowest BCUT2D eigenvalue weighted by Gasteiger charge is -2.27. The van der Waals surface area contributed by atoms with Crippen LogP contribution < -0.4 is 5.32 Å². The third-order valence-electron chi connectivity index (χ3n) is 3.32. The number of benzene rings is 1. The number of carbonyl (C=O) groups is 2. The number of aliphatic hydroxyl groups excluding tert-OH is 1. The first-order valence-corrected chi connectivity index (χ1v) is 8.48. The Kier molecular flexibility index (Phi) is 5.51. The molecule has 1 aliphatic rings. The van der Waals surface area contributed by atoms with Crippen molar-refractivity contribution in [2.45, 2.75) is 44.9 Å². The zero-order chi connectivity index (χ0) is 17.2. The van der Waals surface area contributed by atoms with Crippen LogP contribution in [0.25, 0.3) is 0 Å². The van der Waals surface area contributed by atoms with Gasteiger partial charge in [-0.2, -0.15) is 0 Å². The first kappa shape index (κ1) is 18.0. The lowest BCUT2D eigenvalue weighted by atomic mass is 10.2. The van der Waals surface area contributed by atoms with Gasteiger partial charge >= 0.3 is 6.09 Å². The van der Waals surface area contributed by atoms with Gasteiger partial charge in [0.25, 0.3) is 0 Å².